The van der Waals surface area contributed by atoms with Gasteiger partial charge in [-0.25, -0.2) is 8.42 Å². The molecule has 1 aliphatic heterocycles. The van der Waals surface area contributed by atoms with Gasteiger partial charge in [0, 0.05) is 19.6 Å². The SMILES string of the molecule is COc1ccc(CCCNC(=O)[C@H]2CCCN(S(=O)(=O)c3ccc(OC)cc3)C2)cc1. The summed E-state index contributed by atoms with van der Waals surface area (Å²) in [6.07, 6.45) is 3.03. The summed E-state index contributed by atoms with van der Waals surface area (Å²) in [5.41, 5.74) is 1.18. The minimum Gasteiger partial charge on any atom is -0.497 e. The molecule has 0 spiro atoms. The van der Waals surface area contributed by atoms with Crippen molar-refractivity contribution < 1.29 is 22.7 Å². The first kappa shape index (κ1) is 23.1. The summed E-state index contributed by atoms with van der Waals surface area (Å²) in [6.45, 7) is 1.20. The molecule has 0 unspecified atom stereocenters. The maximum Gasteiger partial charge on any atom is 0.243 e. The van der Waals surface area contributed by atoms with Crippen LogP contribution in [0.25, 0.3) is 0 Å². The van der Waals surface area contributed by atoms with E-state index in [0.717, 1.165) is 18.6 Å². The number of hydrogen-bond acceptors (Lipinski definition) is 5. The van der Waals surface area contributed by atoms with Crippen LogP contribution in [0, 0.1) is 5.92 Å². The summed E-state index contributed by atoms with van der Waals surface area (Å²) in [6, 6.07) is 14.2. The van der Waals surface area contributed by atoms with Gasteiger partial charge in [0.1, 0.15) is 11.5 Å². The topological polar surface area (TPSA) is 84.9 Å². The number of piperidine rings is 1. The van der Waals surface area contributed by atoms with E-state index in [9.17, 15) is 13.2 Å². The number of carbonyl (C=O) groups excluding carboxylic acids is 1. The highest BCUT2D eigenvalue weighted by molar-refractivity contribution is 7.89. The van der Waals surface area contributed by atoms with Crippen LogP contribution < -0.4 is 14.8 Å². The fourth-order valence-corrected chi connectivity index (χ4v) is 5.24. The number of nitrogens with zero attached hydrogens (tertiary/aromatic N) is 1. The van der Waals surface area contributed by atoms with Crippen LogP contribution in [0.15, 0.2) is 53.4 Å². The lowest BCUT2D eigenvalue weighted by Gasteiger charge is -2.31. The van der Waals surface area contributed by atoms with E-state index in [1.807, 2.05) is 24.3 Å². The Hall–Kier alpha value is -2.58. The van der Waals surface area contributed by atoms with E-state index in [2.05, 4.69) is 5.32 Å². The number of carbonyl (C=O) groups is 1. The smallest absolute Gasteiger partial charge is 0.243 e. The molecule has 8 heteroatoms. The number of nitrogens with one attached hydrogen (secondary N) is 1. The summed E-state index contributed by atoms with van der Waals surface area (Å²) in [4.78, 5) is 12.8. The van der Waals surface area contributed by atoms with E-state index in [0.29, 0.717) is 31.7 Å². The second-order valence-electron chi connectivity index (χ2n) is 7.62. The standard InChI is InChI=1S/C23H30N2O5S/c1-29-20-9-7-18(8-10-20)5-3-15-24-23(26)19-6-4-16-25(17-19)31(27,28)22-13-11-21(30-2)12-14-22/h7-14,19H,3-6,15-17H2,1-2H3,(H,24,26)/t19-/m0/s1. The first-order valence-corrected chi connectivity index (χ1v) is 11.9. The maximum absolute atomic E-state index is 13.0. The summed E-state index contributed by atoms with van der Waals surface area (Å²) >= 11 is 0. The fourth-order valence-electron chi connectivity index (χ4n) is 3.71. The summed E-state index contributed by atoms with van der Waals surface area (Å²) in [5.74, 6) is 1.01. The molecule has 0 saturated carbocycles. The van der Waals surface area contributed by atoms with Gasteiger partial charge in [-0.2, -0.15) is 4.31 Å². The molecule has 0 aliphatic carbocycles. The van der Waals surface area contributed by atoms with E-state index in [-0.39, 0.29) is 23.3 Å². The largest absolute Gasteiger partial charge is 0.497 e. The summed E-state index contributed by atoms with van der Waals surface area (Å²) < 4.78 is 37.6. The lowest BCUT2D eigenvalue weighted by atomic mass is 9.99. The minimum absolute atomic E-state index is 0.0793. The Bertz CT molecular complexity index is 958. The van der Waals surface area contributed by atoms with Crippen LogP contribution in [0.3, 0.4) is 0 Å². The Labute approximate surface area is 184 Å². The molecule has 2 aromatic rings. The molecule has 1 fully saturated rings. The van der Waals surface area contributed by atoms with Gasteiger partial charge in [-0.05, 0) is 67.6 Å². The molecule has 1 aliphatic rings. The lowest BCUT2D eigenvalue weighted by Crippen LogP contribution is -2.45. The van der Waals surface area contributed by atoms with Crippen molar-refractivity contribution in [2.45, 2.75) is 30.6 Å². The molecule has 3 rings (SSSR count). The summed E-state index contributed by atoms with van der Waals surface area (Å²) in [5, 5.41) is 2.97. The zero-order valence-electron chi connectivity index (χ0n) is 18.0. The average molecular weight is 447 g/mol. The Morgan fingerprint density at radius 2 is 1.65 bits per heavy atom. The normalized spacial score (nSPS) is 17.2. The van der Waals surface area contributed by atoms with Crippen molar-refractivity contribution >= 4 is 15.9 Å². The molecule has 0 bridgehead atoms. The van der Waals surface area contributed by atoms with Crippen LogP contribution in [-0.4, -0.2) is 52.5 Å². The molecule has 31 heavy (non-hydrogen) atoms. The van der Waals surface area contributed by atoms with E-state index < -0.39 is 10.0 Å². The number of amides is 1. The fraction of sp³-hybridized carbons (Fsp3) is 0.435. The van der Waals surface area contributed by atoms with Gasteiger partial charge in [-0.1, -0.05) is 12.1 Å². The number of rotatable bonds is 9. The van der Waals surface area contributed by atoms with Crippen molar-refractivity contribution in [1.29, 1.82) is 0 Å². The zero-order valence-corrected chi connectivity index (χ0v) is 18.9. The number of sulfonamides is 1. The van der Waals surface area contributed by atoms with Crippen LogP contribution in [0.4, 0.5) is 0 Å². The Morgan fingerprint density at radius 3 is 2.26 bits per heavy atom. The van der Waals surface area contributed by atoms with Gasteiger partial charge >= 0.3 is 0 Å². The van der Waals surface area contributed by atoms with Crippen LogP contribution >= 0.6 is 0 Å². The van der Waals surface area contributed by atoms with Crippen molar-refractivity contribution in [2.75, 3.05) is 33.9 Å². The Morgan fingerprint density at radius 1 is 1.03 bits per heavy atom. The van der Waals surface area contributed by atoms with Gasteiger partial charge in [-0.15, -0.1) is 0 Å². The predicted octanol–water partition coefficient (Wildman–Crippen LogP) is 2.85. The predicted molar refractivity (Wildman–Crippen MR) is 119 cm³/mol. The van der Waals surface area contributed by atoms with Gasteiger partial charge in [0.25, 0.3) is 0 Å². The molecular weight excluding hydrogens is 416 g/mol. The third-order valence-corrected chi connectivity index (χ3v) is 7.43. The van der Waals surface area contributed by atoms with Crippen LogP contribution in [0.5, 0.6) is 11.5 Å². The summed E-state index contributed by atoms with van der Waals surface area (Å²) in [7, 11) is -0.459. The van der Waals surface area contributed by atoms with E-state index in [1.54, 1.807) is 19.2 Å². The maximum atomic E-state index is 13.0. The third kappa shape index (κ3) is 5.98. The van der Waals surface area contributed by atoms with Crippen molar-refractivity contribution in [2.24, 2.45) is 5.92 Å². The van der Waals surface area contributed by atoms with E-state index in [1.165, 1.54) is 29.1 Å². The molecule has 0 aromatic heterocycles. The van der Waals surface area contributed by atoms with Crippen LogP contribution in [0.2, 0.25) is 0 Å². The highest BCUT2D eigenvalue weighted by Gasteiger charge is 2.33. The van der Waals surface area contributed by atoms with E-state index >= 15 is 0 Å². The van der Waals surface area contributed by atoms with Crippen molar-refractivity contribution in [3.8, 4) is 11.5 Å². The highest BCUT2D eigenvalue weighted by Crippen LogP contribution is 2.25. The molecule has 1 saturated heterocycles. The third-order valence-electron chi connectivity index (χ3n) is 5.55. The molecule has 2 aromatic carbocycles. The van der Waals surface area contributed by atoms with Crippen molar-refractivity contribution in [3.05, 3.63) is 54.1 Å². The number of hydrogen-bond donors (Lipinski definition) is 1. The lowest BCUT2D eigenvalue weighted by molar-refractivity contribution is -0.126. The highest BCUT2D eigenvalue weighted by atomic mass is 32.2. The number of benzene rings is 2. The number of ether oxygens (including phenoxy) is 2. The van der Waals surface area contributed by atoms with Gasteiger partial charge in [-0.3, -0.25) is 4.79 Å². The molecule has 1 atom stereocenters. The molecule has 0 radical (unpaired) electrons. The average Bonchev–Trinajstić information content (AvgIpc) is 2.82. The molecule has 1 N–H and O–H groups in total. The second kappa shape index (κ2) is 10.6. The quantitative estimate of drug-likeness (QED) is 0.599. The Kier molecular flexibility index (Phi) is 7.92. The van der Waals surface area contributed by atoms with E-state index in [4.69, 9.17) is 9.47 Å². The van der Waals surface area contributed by atoms with Gasteiger partial charge in [0.05, 0.1) is 25.0 Å². The molecular formula is C23H30N2O5S. The van der Waals surface area contributed by atoms with Crippen LogP contribution in [0.1, 0.15) is 24.8 Å². The zero-order chi connectivity index (χ0) is 22.3. The molecule has 1 heterocycles. The minimum atomic E-state index is -3.63. The van der Waals surface area contributed by atoms with Gasteiger partial charge in [0.15, 0.2) is 0 Å². The first-order valence-electron chi connectivity index (χ1n) is 10.5. The molecule has 1 amide bonds. The first-order chi connectivity index (χ1) is 14.9. The van der Waals surface area contributed by atoms with Crippen molar-refractivity contribution in [3.63, 3.8) is 0 Å². The number of methoxy groups -OCH3 is 2. The monoisotopic (exact) mass is 446 g/mol. The van der Waals surface area contributed by atoms with Gasteiger partial charge in [0.2, 0.25) is 15.9 Å². The second-order valence-corrected chi connectivity index (χ2v) is 9.56. The molecule has 7 nitrogen and oxygen atoms in total. The van der Waals surface area contributed by atoms with Crippen LogP contribution in [-0.2, 0) is 21.2 Å². The van der Waals surface area contributed by atoms with Crippen molar-refractivity contribution in [1.82, 2.24) is 9.62 Å². The Balaban J connectivity index is 1.50. The molecule has 168 valence electrons. The number of aryl methyl sites for hydroxylation is 1. The van der Waals surface area contributed by atoms with Gasteiger partial charge < -0.3 is 14.8 Å².